The average Bonchev–Trinajstić information content (AvgIpc) is 2.30. The van der Waals surface area contributed by atoms with E-state index in [0.29, 0.717) is 0 Å². The summed E-state index contributed by atoms with van der Waals surface area (Å²) in [6, 6.07) is 7.77. The third-order valence-electron chi connectivity index (χ3n) is 1.92. The summed E-state index contributed by atoms with van der Waals surface area (Å²) in [7, 11) is 0. The maximum Gasteiger partial charge on any atom is 0.150 e. The van der Waals surface area contributed by atoms with E-state index in [9.17, 15) is 4.79 Å². The summed E-state index contributed by atoms with van der Waals surface area (Å²) in [5, 5.41) is 0. The smallest absolute Gasteiger partial charge is 0.150 e. The van der Waals surface area contributed by atoms with Gasteiger partial charge in [-0.25, -0.2) is 0 Å². The monoisotopic (exact) mass is 240 g/mol. The molecule has 0 radical (unpaired) electrons. The number of hydrogen-bond acceptors (Lipinski definition) is 3. The van der Waals surface area contributed by atoms with Crippen LogP contribution < -0.4 is 0 Å². The first kappa shape index (κ1) is 12.7. The van der Waals surface area contributed by atoms with E-state index >= 15 is 0 Å². The normalized spacial score (nSPS) is 10.2. The van der Waals surface area contributed by atoms with Crippen LogP contribution in [0.3, 0.4) is 0 Å². The van der Waals surface area contributed by atoms with E-state index in [1.54, 1.807) is 0 Å². The zero-order valence-electron chi connectivity index (χ0n) is 8.94. The van der Waals surface area contributed by atoms with Crippen LogP contribution in [0.25, 0.3) is 0 Å². The average molecular weight is 240 g/mol. The molecule has 0 fully saturated rings. The minimum atomic E-state index is 0.751. The summed E-state index contributed by atoms with van der Waals surface area (Å²) in [6.45, 7) is 2.19. The molecule has 0 aliphatic heterocycles. The summed E-state index contributed by atoms with van der Waals surface area (Å²) in [6.07, 6.45) is 2.13. The number of hydrogen-bond donors (Lipinski definition) is 0. The lowest BCUT2D eigenvalue weighted by Crippen LogP contribution is -1.85. The van der Waals surface area contributed by atoms with Gasteiger partial charge in [0.2, 0.25) is 0 Å². The number of thioether (sulfide) groups is 2. The Labute approximate surface area is 100 Å². The number of carbonyl (C=O) groups is 1. The lowest BCUT2D eigenvalue weighted by molar-refractivity contribution is 0.112. The molecule has 0 unspecified atom stereocenters. The van der Waals surface area contributed by atoms with E-state index < -0.39 is 0 Å². The second-order valence-corrected chi connectivity index (χ2v) is 5.65. The van der Waals surface area contributed by atoms with Crippen LogP contribution in [0.1, 0.15) is 23.7 Å². The van der Waals surface area contributed by atoms with Crippen LogP contribution in [0.4, 0.5) is 0 Å². The van der Waals surface area contributed by atoms with Crippen molar-refractivity contribution in [2.75, 3.05) is 17.3 Å². The highest BCUT2D eigenvalue weighted by molar-refractivity contribution is 8.00. The molecule has 0 aliphatic rings. The Hall–Kier alpha value is -0.410. The topological polar surface area (TPSA) is 17.1 Å². The van der Waals surface area contributed by atoms with Crippen molar-refractivity contribution in [1.29, 1.82) is 0 Å². The Bertz CT molecular complexity index is 282. The summed E-state index contributed by atoms with van der Waals surface area (Å²) < 4.78 is 0. The molecule has 0 saturated heterocycles. The second-order valence-electron chi connectivity index (χ2n) is 3.09. The predicted octanol–water partition coefficient (Wildman–Crippen LogP) is 3.73. The highest BCUT2D eigenvalue weighted by atomic mass is 32.2. The Kier molecular flexibility index (Phi) is 6.60. The molecule has 1 rings (SSSR count). The molecule has 1 aromatic carbocycles. The Balaban J connectivity index is 2.22. The third kappa shape index (κ3) is 5.28. The third-order valence-corrected chi connectivity index (χ3v) is 4.01. The first-order valence-corrected chi connectivity index (χ1v) is 7.26. The molecule has 1 nitrogen and oxygen atoms in total. The molecule has 0 bridgehead atoms. The van der Waals surface area contributed by atoms with Gasteiger partial charge >= 0.3 is 0 Å². The quantitative estimate of drug-likeness (QED) is 0.410. The Morgan fingerprint density at radius 1 is 1.20 bits per heavy atom. The minimum Gasteiger partial charge on any atom is -0.298 e. The van der Waals surface area contributed by atoms with Gasteiger partial charge in [-0.15, -0.1) is 11.8 Å². The fourth-order valence-corrected chi connectivity index (χ4v) is 2.81. The number of carbonyl (C=O) groups excluding carboxylic acids is 1. The standard InChI is InChI=1S/C12H16OS2/c1-2-14-8-3-9-15-12-6-4-11(10-13)5-7-12/h4-7,10H,2-3,8-9H2,1H3. The van der Waals surface area contributed by atoms with Gasteiger partial charge < -0.3 is 0 Å². The number of aldehydes is 1. The Morgan fingerprint density at radius 3 is 2.53 bits per heavy atom. The van der Waals surface area contributed by atoms with Crippen molar-refractivity contribution < 1.29 is 4.79 Å². The fraction of sp³-hybridized carbons (Fsp3) is 0.417. The largest absolute Gasteiger partial charge is 0.298 e. The highest BCUT2D eigenvalue weighted by Crippen LogP contribution is 2.19. The van der Waals surface area contributed by atoms with Gasteiger partial charge in [-0.05, 0) is 35.8 Å². The van der Waals surface area contributed by atoms with Gasteiger partial charge in [-0.1, -0.05) is 19.1 Å². The predicted molar refractivity (Wildman–Crippen MR) is 70.2 cm³/mol. The van der Waals surface area contributed by atoms with Crippen molar-refractivity contribution in [2.45, 2.75) is 18.2 Å². The zero-order chi connectivity index (χ0) is 10.9. The van der Waals surface area contributed by atoms with Crippen molar-refractivity contribution in [3.63, 3.8) is 0 Å². The van der Waals surface area contributed by atoms with Gasteiger partial charge in [0.15, 0.2) is 0 Å². The van der Waals surface area contributed by atoms with Crippen LogP contribution >= 0.6 is 23.5 Å². The highest BCUT2D eigenvalue weighted by Gasteiger charge is 1.95. The summed E-state index contributed by atoms with van der Waals surface area (Å²) in [5.41, 5.74) is 0.751. The van der Waals surface area contributed by atoms with Crippen LogP contribution in [0.15, 0.2) is 29.2 Å². The fourth-order valence-electron chi connectivity index (χ4n) is 1.14. The van der Waals surface area contributed by atoms with E-state index in [4.69, 9.17) is 0 Å². The van der Waals surface area contributed by atoms with Crippen LogP contribution in [-0.4, -0.2) is 23.5 Å². The van der Waals surface area contributed by atoms with Crippen molar-refractivity contribution in [2.24, 2.45) is 0 Å². The van der Waals surface area contributed by atoms with E-state index in [1.807, 2.05) is 47.8 Å². The molecule has 82 valence electrons. The molecule has 0 saturated carbocycles. The lowest BCUT2D eigenvalue weighted by Gasteiger charge is -2.01. The van der Waals surface area contributed by atoms with Gasteiger partial charge in [0.1, 0.15) is 6.29 Å². The maximum absolute atomic E-state index is 10.4. The molecule has 0 atom stereocenters. The van der Waals surface area contributed by atoms with E-state index in [0.717, 1.165) is 17.6 Å². The molecule has 0 aliphatic carbocycles. The number of benzene rings is 1. The van der Waals surface area contributed by atoms with Gasteiger partial charge in [-0.3, -0.25) is 4.79 Å². The molecule has 3 heteroatoms. The number of rotatable bonds is 7. The SMILES string of the molecule is CCSCCCSc1ccc(C=O)cc1. The molecular formula is C12H16OS2. The first-order valence-electron chi connectivity index (χ1n) is 5.12. The summed E-state index contributed by atoms with van der Waals surface area (Å²) >= 11 is 3.85. The van der Waals surface area contributed by atoms with Crippen LogP contribution in [0.5, 0.6) is 0 Å². The van der Waals surface area contributed by atoms with Gasteiger partial charge in [0, 0.05) is 10.5 Å². The van der Waals surface area contributed by atoms with Gasteiger partial charge in [-0.2, -0.15) is 11.8 Å². The molecule has 0 N–H and O–H groups in total. The van der Waals surface area contributed by atoms with E-state index in [1.165, 1.54) is 22.8 Å². The zero-order valence-corrected chi connectivity index (χ0v) is 10.6. The maximum atomic E-state index is 10.4. The summed E-state index contributed by atoms with van der Waals surface area (Å²) in [5.74, 6) is 3.61. The van der Waals surface area contributed by atoms with E-state index in [-0.39, 0.29) is 0 Å². The molecular weight excluding hydrogens is 224 g/mol. The van der Waals surface area contributed by atoms with Gasteiger partial charge in [0.05, 0.1) is 0 Å². The molecule has 0 heterocycles. The van der Waals surface area contributed by atoms with Crippen LogP contribution in [0, 0.1) is 0 Å². The molecule has 0 spiro atoms. The summed E-state index contributed by atoms with van der Waals surface area (Å²) in [4.78, 5) is 11.7. The van der Waals surface area contributed by atoms with E-state index in [2.05, 4.69) is 6.92 Å². The van der Waals surface area contributed by atoms with Crippen LogP contribution in [-0.2, 0) is 0 Å². The molecule has 0 aromatic heterocycles. The van der Waals surface area contributed by atoms with Crippen molar-refractivity contribution in [3.05, 3.63) is 29.8 Å². The molecule has 0 amide bonds. The van der Waals surface area contributed by atoms with Crippen LogP contribution in [0.2, 0.25) is 0 Å². The second kappa shape index (κ2) is 7.83. The lowest BCUT2D eigenvalue weighted by atomic mass is 10.2. The first-order chi connectivity index (χ1) is 7.36. The molecule has 15 heavy (non-hydrogen) atoms. The van der Waals surface area contributed by atoms with Crippen molar-refractivity contribution in [3.8, 4) is 0 Å². The minimum absolute atomic E-state index is 0.751. The van der Waals surface area contributed by atoms with Crippen molar-refractivity contribution >= 4 is 29.8 Å². The van der Waals surface area contributed by atoms with Gasteiger partial charge in [0.25, 0.3) is 0 Å². The Morgan fingerprint density at radius 2 is 1.93 bits per heavy atom. The van der Waals surface area contributed by atoms with Crippen molar-refractivity contribution in [1.82, 2.24) is 0 Å². The molecule has 1 aromatic rings.